The normalized spacial score (nSPS) is 15.3. The fourth-order valence-electron chi connectivity index (χ4n) is 0.127. The summed E-state index contributed by atoms with van der Waals surface area (Å²) in [6.45, 7) is 0. The highest BCUT2D eigenvalue weighted by molar-refractivity contribution is 7.87. The van der Waals surface area contributed by atoms with Crippen LogP contribution in [0.25, 0.3) is 0 Å². The summed E-state index contributed by atoms with van der Waals surface area (Å²) in [5.74, 6) is -0.807. The molecule has 0 rings (SSSR count). The topological polar surface area (TPSA) is 83.5 Å². The molecule has 5 nitrogen and oxygen atoms in total. The van der Waals surface area contributed by atoms with Gasteiger partial charge in [-0.1, -0.05) is 0 Å². The van der Waals surface area contributed by atoms with Gasteiger partial charge in [-0.2, -0.15) is 8.42 Å². The summed E-state index contributed by atoms with van der Waals surface area (Å²) in [5.41, 5.74) is 0. The SMILES string of the molecule is CS(=O)(=O)OCS(=O)[O-]. The van der Waals surface area contributed by atoms with Gasteiger partial charge in [-0.3, -0.25) is 8.39 Å². The van der Waals surface area contributed by atoms with Gasteiger partial charge in [0.15, 0.2) is 0 Å². The van der Waals surface area contributed by atoms with E-state index in [4.69, 9.17) is 0 Å². The molecule has 0 radical (unpaired) electrons. The smallest absolute Gasteiger partial charge is 0.265 e. The lowest BCUT2D eigenvalue weighted by molar-refractivity contribution is 0.366. The number of hydrogen-bond acceptors (Lipinski definition) is 5. The van der Waals surface area contributed by atoms with Crippen molar-refractivity contribution in [2.75, 3.05) is 12.2 Å². The van der Waals surface area contributed by atoms with E-state index in [1.807, 2.05) is 0 Å². The van der Waals surface area contributed by atoms with Gasteiger partial charge in [-0.05, 0) is 11.1 Å². The molecule has 1 unspecified atom stereocenters. The van der Waals surface area contributed by atoms with Crippen molar-refractivity contribution < 1.29 is 21.4 Å². The molecule has 0 saturated carbocycles. The van der Waals surface area contributed by atoms with Crippen LogP contribution in [0.1, 0.15) is 0 Å². The van der Waals surface area contributed by atoms with E-state index in [0.29, 0.717) is 0 Å². The minimum absolute atomic E-state index is 0.778. The molecule has 9 heavy (non-hydrogen) atoms. The fourth-order valence-corrected chi connectivity index (χ4v) is 1.14. The Morgan fingerprint density at radius 3 is 2.22 bits per heavy atom. The average Bonchev–Trinajstić information content (AvgIpc) is 1.59. The van der Waals surface area contributed by atoms with Gasteiger partial charge in [0, 0.05) is 0 Å². The Balaban J connectivity index is 3.67. The Bertz CT molecular complexity index is 191. The van der Waals surface area contributed by atoms with Crippen molar-refractivity contribution >= 4 is 21.2 Å². The number of hydrogen-bond donors (Lipinski definition) is 0. The van der Waals surface area contributed by atoms with Crippen molar-refractivity contribution in [1.82, 2.24) is 0 Å². The summed E-state index contributed by atoms with van der Waals surface area (Å²) >= 11 is -2.46. The van der Waals surface area contributed by atoms with Crippen molar-refractivity contribution in [3.05, 3.63) is 0 Å². The van der Waals surface area contributed by atoms with Gasteiger partial charge in [0.05, 0.1) is 6.26 Å². The second-order valence-electron chi connectivity index (χ2n) is 1.24. The first-order valence-corrected chi connectivity index (χ1v) is 4.88. The molecule has 56 valence electrons. The Morgan fingerprint density at radius 1 is 1.67 bits per heavy atom. The van der Waals surface area contributed by atoms with Gasteiger partial charge >= 0.3 is 0 Å². The van der Waals surface area contributed by atoms with Crippen molar-refractivity contribution in [3.63, 3.8) is 0 Å². The molecule has 0 N–H and O–H groups in total. The summed E-state index contributed by atoms with van der Waals surface area (Å²) in [7, 11) is -3.61. The molecule has 0 amide bonds. The van der Waals surface area contributed by atoms with Crippen LogP contribution < -0.4 is 0 Å². The second-order valence-corrected chi connectivity index (χ2v) is 3.73. The maximum absolute atomic E-state index is 10.0. The summed E-state index contributed by atoms with van der Waals surface area (Å²) in [6.07, 6.45) is 0.778. The highest BCUT2D eigenvalue weighted by atomic mass is 32.2. The molecule has 0 aromatic carbocycles. The van der Waals surface area contributed by atoms with Crippen LogP contribution in [-0.2, 0) is 25.4 Å². The highest BCUT2D eigenvalue weighted by Gasteiger charge is 1.98. The summed E-state index contributed by atoms with van der Waals surface area (Å²) in [5, 5.41) is 0. The van der Waals surface area contributed by atoms with Crippen molar-refractivity contribution in [3.8, 4) is 0 Å². The average molecular weight is 173 g/mol. The van der Waals surface area contributed by atoms with Crippen molar-refractivity contribution in [1.29, 1.82) is 0 Å². The van der Waals surface area contributed by atoms with E-state index in [0.717, 1.165) is 6.26 Å². The molecule has 0 bridgehead atoms. The Morgan fingerprint density at radius 2 is 2.11 bits per heavy atom. The van der Waals surface area contributed by atoms with Crippen LogP contribution in [0.2, 0.25) is 0 Å². The predicted octanol–water partition coefficient (Wildman–Crippen LogP) is -1.20. The lowest BCUT2D eigenvalue weighted by atomic mass is 11.7. The van der Waals surface area contributed by atoms with Gasteiger partial charge < -0.3 is 4.55 Å². The summed E-state index contributed by atoms with van der Waals surface area (Å²) < 4.78 is 43.2. The molecule has 0 aromatic heterocycles. The fraction of sp³-hybridized carbons (Fsp3) is 1.00. The van der Waals surface area contributed by atoms with Gasteiger partial charge in [0.1, 0.15) is 5.94 Å². The molecule has 0 spiro atoms. The van der Waals surface area contributed by atoms with E-state index in [1.165, 1.54) is 0 Å². The van der Waals surface area contributed by atoms with Gasteiger partial charge in [-0.15, -0.1) is 0 Å². The van der Waals surface area contributed by atoms with E-state index in [-0.39, 0.29) is 0 Å². The zero-order chi connectivity index (χ0) is 7.49. The third kappa shape index (κ3) is 8.02. The quantitative estimate of drug-likeness (QED) is 0.395. The Labute approximate surface area is 55.4 Å². The minimum Gasteiger partial charge on any atom is -0.771 e. The molecule has 0 fully saturated rings. The van der Waals surface area contributed by atoms with Crippen LogP contribution in [0, 0.1) is 0 Å². The zero-order valence-electron chi connectivity index (χ0n) is 4.56. The molecular weight excluding hydrogens is 168 g/mol. The molecule has 7 heteroatoms. The van der Waals surface area contributed by atoms with E-state index in [1.54, 1.807) is 0 Å². The van der Waals surface area contributed by atoms with E-state index in [2.05, 4.69) is 4.18 Å². The zero-order valence-corrected chi connectivity index (χ0v) is 6.20. The lowest BCUT2D eigenvalue weighted by Crippen LogP contribution is -2.07. The maximum Gasteiger partial charge on any atom is 0.265 e. The largest absolute Gasteiger partial charge is 0.771 e. The van der Waals surface area contributed by atoms with Crippen molar-refractivity contribution in [2.45, 2.75) is 0 Å². The first-order valence-electron chi connectivity index (χ1n) is 1.82. The molecule has 0 aliphatic heterocycles. The van der Waals surface area contributed by atoms with E-state index in [9.17, 15) is 17.2 Å². The predicted molar refractivity (Wildman–Crippen MR) is 29.7 cm³/mol. The van der Waals surface area contributed by atoms with Gasteiger partial charge in [-0.25, -0.2) is 0 Å². The molecule has 0 aliphatic rings. The maximum atomic E-state index is 10.0. The Hall–Kier alpha value is 0.0200. The monoisotopic (exact) mass is 173 g/mol. The van der Waals surface area contributed by atoms with E-state index < -0.39 is 27.1 Å². The van der Waals surface area contributed by atoms with Gasteiger partial charge in [0.25, 0.3) is 10.1 Å². The molecular formula is C2H5O5S2-. The summed E-state index contributed by atoms with van der Waals surface area (Å²) in [4.78, 5) is 0. The molecule has 0 heterocycles. The molecule has 0 aromatic rings. The van der Waals surface area contributed by atoms with Crippen LogP contribution in [0.15, 0.2) is 0 Å². The van der Waals surface area contributed by atoms with E-state index >= 15 is 0 Å². The molecule has 1 atom stereocenters. The number of rotatable bonds is 3. The van der Waals surface area contributed by atoms with Crippen molar-refractivity contribution in [2.24, 2.45) is 0 Å². The standard InChI is InChI=1S/C2H6O5S2/c1-9(5,6)7-2-8(3)4/h2H2,1H3,(H,3,4)/p-1. The van der Waals surface area contributed by atoms with Crippen LogP contribution in [-0.4, -0.2) is 29.4 Å². The van der Waals surface area contributed by atoms with Crippen LogP contribution in [0.5, 0.6) is 0 Å². The van der Waals surface area contributed by atoms with Crippen LogP contribution in [0.3, 0.4) is 0 Å². The second kappa shape index (κ2) is 3.25. The first-order chi connectivity index (χ1) is 3.92. The van der Waals surface area contributed by atoms with Crippen LogP contribution in [0.4, 0.5) is 0 Å². The summed E-state index contributed by atoms with van der Waals surface area (Å²) in [6, 6.07) is 0. The lowest BCUT2D eigenvalue weighted by Gasteiger charge is -2.02. The highest BCUT2D eigenvalue weighted by Crippen LogP contribution is 1.86. The molecule has 0 saturated heterocycles. The molecule has 0 aliphatic carbocycles. The third-order valence-corrected chi connectivity index (χ3v) is 1.36. The third-order valence-electron chi connectivity index (χ3n) is 0.358. The van der Waals surface area contributed by atoms with Crippen LogP contribution >= 0.6 is 0 Å². The first kappa shape index (κ1) is 9.02. The Kier molecular flexibility index (Phi) is 3.26. The van der Waals surface area contributed by atoms with Gasteiger partial charge in [0.2, 0.25) is 0 Å². The minimum atomic E-state index is -3.61.